The molecule has 1 aliphatic heterocycles. The lowest BCUT2D eigenvalue weighted by Gasteiger charge is -2.27. The number of carbonyl (C=O) groups excluding carboxylic acids is 1. The molecule has 1 aliphatic rings. The summed E-state index contributed by atoms with van der Waals surface area (Å²) in [6, 6.07) is -0.0248. The van der Waals surface area contributed by atoms with Crippen molar-refractivity contribution in [3.8, 4) is 0 Å². The van der Waals surface area contributed by atoms with Crippen LogP contribution in [0.15, 0.2) is 0 Å². The lowest BCUT2D eigenvalue weighted by atomic mass is 10.2. The molecule has 1 fully saturated rings. The van der Waals surface area contributed by atoms with Gasteiger partial charge in [0.2, 0.25) is 5.91 Å². The molecule has 0 spiro atoms. The van der Waals surface area contributed by atoms with Crippen molar-refractivity contribution in [2.75, 3.05) is 45.8 Å². The number of hydrogen-bond acceptors (Lipinski definition) is 4. The topological polar surface area (TPSA) is 61.6 Å². The van der Waals surface area contributed by atoms with Crippen LogP contribution in [-0.2, 0) is 4.79 Å². The van der Waals surface area contributed by atoms with Crippen molar-refractivity contribution in [3.05, 3.63) is 0 Å². The van der Waals surface area contributed by atoms with Crippen molar-refractivity contribution in [1.82, 2.24) is 15.1 Å². The van der Waals surface area contributed by atoms with Gasteiger partial charge in [-0.3, -0.25) is 9.69 Å². The van der Waals surface area contributed by atoms with Crippen molar-refractivity contribution < 1.29 is 4.79 Å². The molecular weight excluding hydrogens is 252 g/mol. The van der Waals surface area contributed by atoms with Gasteiger partial charge in [0.15, 0.2) is 0 Å². The van der Waals surface area contributed by atoms with Crippen LogP contribution in [0, 0.1) is 5.92 Å². The van der Waals surface area contributed by atoms with E-state index in [1.54, 1.807) is 0 Å². The van der Waals surface area contributed by atoms with E-state index in [1.807, 2.05) is 6.92 Å². The van der Waals surface area contributed by atoms with Crippen LogP contribution in [0.4, 0.5) is 0 Å². The number of rotatable bonds is 7. The molecule has 0 radical (unpaired) electrons. The Hall–Kier alpha value is -0.650. The minimum Gasteiger partial charge on any atom is -0.354 e. The van der Waals surface area contributed by atoms with Gasteiger partial charge in [-0.05, 0) is 45.3 Å². The molecule has 0 aromatic heterocycles. The van der Waals surface area contributed by atoms with Crippen LogP contribution >= 0.6 is 0 Å². The molecule has 1 heterocycles. The second-order valence-electron chi connectivity index (χ2n) is 6.19. The quantitative estimate of drug-likeness (QED) is 0.715. The standard InChI is InChI=1S/C15H32N4O/c1-13(2)12-17-15(20)14(3)19-9-5-8-18(10-11-19)7-4-6-16/h13-14H,4-12,16H2,1-3H3,(H,17,20). The van der Waals surface area contributed by atoms with Crippen LogP contribution in [0.25, 0.3) is 0 Å². The average molecular weight is 284 g/mol. The van der Waals surface area contributed by atoms with Crippen LogP contribution in [0.1, 0.15) is 33.6 Å². The first kappa shape index (κ1) is 17.4. The Morgan fingerprint density at radius 1 is 1.20 bits per heavy atom. The van der Waals surface area contributed by atoms with E-state index in [0.29, 0.717) is 5.92 Å². The molecule has 118 valence electrons. The molecule has 0 aromatic carbocycles. The maximum atomic E-state index is 12.1. The molecule has 0 bridgehead atoms. The molecule has 0 aliphatic carbocycles. The summed E-state index contributed by atoms with van der Waals surface area (Å²) >= 11 is 0. The van der Waals surface area contributed by atoms with E-state index in [0.717, 1.165) is 58.7 Å². The Bertz CT molecular complexity index is 283. The summed E-state index contributed by atoms with van der Waals surface area (Å²) in [5.41, 5.74) is 5.57. The van der Waals surface area contributed by atoms with Crippen LogP contribution in [0.3, 0.4) is 0 Å². The van der Waals surface area contributed by atoms with Gasteiger partial charge in [-0.2, -0.15) is 0 Å². The molecule has 1 rings (SSSR count). The fraction of sp³-hybridized carbons (Fsp3) is 0.933. The SMILES string of the molecule is CC(C)CNC(=O)C(C)N1CCCN(CCCN)CC1. The molecule has 1 saturated heterocycles. The number of amides is 1. The third kappa shape index (κ3) is 6.20. The van der Waals surface area contributed by atoms with Crippen LogP contribution in [0.2, 0.25) is 0 Å². The molecule has 5 nitrogen and oxygen atoms in total. The first-order valence-corrected chi connectivity index (χ1v) is 7.98. The summed E-state index contributed by atoms with van der Waals surface area (Å²) in [5.74, 6) is 0.663. The van der Waals surface area contributed by atoms with Crippen molar-refractivity contribution in [3.63, 3.8) is 0 Å². The average Bonchev–Trinajstić information content (AvgIpc) is 2.67. The molecule has 0 saturated carbocycles. The van der Waals surface area contributed by atoms with E-state index in [2.05, 4.69) is 29.0 Å². The summed E-state index contributed by atoms with van der Waals surface area (Å²) in [5, 5.41) is 3.03. The van der Waals surface area contributed by atoms with Gasteiger partial charge in [0, 0.05) is 26.2 Å². The smallest absolute Gasteiger partial charge is 0.237 e. The molecule has 1 amide bonds. The van der Waals surface area contributed by atoms with Gasteiger partial charge in [-0.15, -0.1) is 0 Å². The fourth-order valence-corrected chi connectivity index (χ4v) is 2.53. The fourth-order valence-electron chi connectivity index (χ4n) is 2.53. The van der Waals surface area contributed by atoms with Crippen molar-refractivity contribution in [2.24, 2.45) is 11.7 Å². The number of carbonyl (C=O) groups is 1. The second kappa shape index (κ2) is 9.32. The Labute approximate surface area is 123 Å². The number of nitrogens with one attached hydrogen (secondary N) is 1. The summed E-state index contributed by atoms with van der Waals surface area (Å²) in [7, 11) is 0. The zero-order chi connectivity index (χ0) is 15.0. The van der Waals surface area contributed by atoms with Gasteiger partial charge < -0.3 is 16.0 Å². The van der Waals surface area contributed by atoms with E-state index in [-0.39, 0.29) is 11.9 Å². The molecule has 5 heteroatoms. The molecule has 20 heavy (non-hydrogen) atoms. The molecule has 1 unspecified atom stereocenters. The maximum Gasteiger partial charge on any atom is 0.237 e. The maximum absolute atomic E-state index is 12.1. The summed E-state index contributed by atoms with van der Waals surface area (Å²) in [4.78, 5) is 16.9. The highest BCUT2D eigenvalue weighted by Gasteiger charge is 2.23. The molecule has 0 aromatic rings. The van der Waals surface area contributed by atoms with Crippen molar-refractivity contribution in [2.45, 2.75) is 39.7 Å². The highest BCUT2D eigenvalue weighted by Crippen LogP contribution is 2.08. The summed E-state index contributed by atoms with van der Waals surface area (Å²) in [6.45, 7) is 13.0. The van der Waals surface area contributed by atoms with Crippen LogP contribution in [0.5, 0.6) is 0 Å². The predicted molar refractivity (Wildman–Crippen MR) is 83.6 cm³/mol. The summed E-state index contributed by atoms with van der Waals surface area (Å²) < 4.78 is 0. The van der Waals surface area contributed by atoms with Gasteiger partial charge in [0.1, 0.15) is 0 Å². The highest BCUT2D eigenvalue weighted by atomic mass is 16.2. The van der Waals surface area contributed by atoms with E-state index in [1.165, 1.54) is 0 Å². The monoisotopic (exact) mass is 284 g/mol. The van der Waals surface area contributed by atoms with Gasteiger partial charge >= 0.3 is 0 Å². The van der Waals surface area contributed by atoms with E-state index in [4.69, 9.17) is 5.73 Å². The molecule has 1 atom stereocenters. The number of hydrogen-bond donors (Lipinski definition) is 2. The minimum atomic E-state index is -0.0248. The van der Waals surface area contributed by atoms with Gasteiger partial charge in [-0.1, -0.05) is 13.8 Å². The van der Waals surface area contributed by atoms with E-state index in [9.17, 15) is 4.79 Å². The summed E-state index contributed by atoms with van der Waals surface area (Å²) in [6.07, 6.45) is 2.19. The number of nitrogens with zero attached hydrogens (tertiary/aromatic N) is 2. The predicted octanol–water partition coefficient (Wildman–Crippen LogP) is 0.504. The third-order valence-corrected chi connectivity index (χ3v) is 3.91. The van der Waals surface area contributed by atoms with Crippen molar-refractivity contribution in [1.29, 1.82) is 0 Å². The minimum absolute atomic E-state index is 0.0248. The lowest BCUT2D eigenvalue weighted by molar-refractivity contribution is -0.126. The number of nitrogens with two attached hydrogens (primary N) is 1. The van der Waals surface area contributed by atoms with Crippen molar-refractivity contribution >= 4 is 5.91 Å². The van der Waals surface area contributed by atoms with E-state index >= 15 is 0 Å². The Kier molecular flexibility index (Phi) is 8.11. The van der Waals surface area contributed by atoms with Gasteiger partial charge in [0.05, 0.1) is 6.04 Å². The molecular formula is C15H32N4O. The second-order valence-corrected chi connectivity index (χ2v) is 6.19. The van der Waals surface area contributed by atoms with Gasteiger partial charge in [-0.25, -0.2) is 0 Å². The first-order chi connectivity index (χ1) is 9.54. The normalized spacial score (nSPS) is 19.9. The Morgan fingerprint density at radius 2 is 1.95 bits per heavy atom. The Morgan fingerprint density at radius 3 is 2.60 bits per heavy atom. The first-order valence-electron chi connectivity index (χ1n) is 7.98. The third-order valence-electron chi connectivity index (χ3n) is 3.91. The Balaban J connectivity index is 2.37. The largest absolute Gasteiger partial charge is 0.354 e. The lowest BCUT2D eigenvalue weighted by Crippen LogP contribution is -2.47. The zero-order valence-corrected chi connectivity index (χ0v) is 13.4. The zero-order valence-electron chi connectivity index (χ0n) is 13.4. The van der Waals surface area contributed by atoms with E-state index < -0.39 is 0 Å². The van der Waals surface area contributed by atoms with Crippen LogP contribution < -0.4 is 11.1 Å². The van der Waals surface area contributed by atoms with Gasteiger partial charge in [0.25, 0.3) is 0 Å². The highest BCUT2D eigenvalue weighted by molar-refractivity contribution is 5.81. The molecule has 3 N–H and O–H groups in total. The van der Waals surface area contributed by atoms with Crippen LogP contribution in [-0.4, -0.2) is 67.6 Å².